The molecule has 3 aromatic rings. The van der Waals surface area contributed by atoms with Crippen molar-refractivity contribution in [2.45, 2.75) is 16.5 Å². The van der Waals surface area contributed by atoms with E-state index in [-0.39, 0.29) is 16.9 Å². The summed E-state index contributed by atoms with van der Waals surface area (Å²) in [5, 5.41) is 4.16. The summed E-state index contributed by atoms with van der Waals surface area (Å²) in [6.07, 6.45) is 0. The van der Waals surface area contributed by atoms with Gasteiger partial charge in [-0.25, -0.2) is 9.07 Å². The number of thioether (sulfide) groups is 1. The number of ketones is 1. The molecular formula is C17H13FN2OS3. The van der Waals surface area contributed by atoms with Crippen molar-refractivity contribution in [3.8, 4) is 5.69 Å². The third-order valence-corrected chi connectivity index (χ3v) is 5.72. The van der Waals surface area contributed by atoms with Gasteiger partial charge in [0, 0.05) is 5.56 Å². The van der Waals surface area contributed by atoms with E-state index < -0.39 is 0 Å². The maximum Gasteiger partial charge on any atom is 0.184 e. The molecule has 3 rings (SSSR count). The van der Waals surface area contributed by atoms with Gasteiger partial charge in [0.2, 0.25) is 0 Å². The van der Waals surface area contributed by atoms with Crippen LogP contribution in [0.5, 0.6) is 0 Å². The fraction of sp³-hybridized carbons (Fsp3) is 0.118. The van der Waals surface area contributed by atoms with Crippen molar-refractivity contribution in [1.82, 2.24) is 9.78 Å². The SMILES string of the molecule is C[C@H](Sc1nn(-c2ccccc2)c(=S)s1)C(=O)c1ccc(F)cc1. The molecule has 2 aromatic carbocycles. The predicted octanol–water partition coefficient (Wildman–Crippen LogP) is 5.17. The van der Waals surface area contributed by atoms with Crippen LogP contribution in [0.4, 0.5) is 4.39 Å². The van der Waals surface area contributed by atoms with Gasteiger partial charge < -0.3 is 0 Å². The fourth-order valence-electron chi connectivity index (χ4n) is 2.09. The number of Topliss-reactive ketones (excluding diaryl/α,β-unsaturated/α-hetero) is 1. The van der Waals surface area contributed by atoms with Crippen molar-refractivity contribution in [2.75, 3.05) is 0 Å². The molecule has 0 aliphatic carbocycles. The van der Waals surface area contributed by atoms with Gasteiger partial charge in [0.25, 0.3) is 0 Å². The molecule has 1 heterocycles. The number of aromatic nitrogens is 2. The average molecular weight is 377 g/mol. The van der Waals surface area contributed by atoms with Crippen molar-refractivity contribution in [3.63, 3.8) is 0 Å². The topological polar surface area (TPSA) is 34.9 Å². The third-order valence-electron chi connectivity index (χ3n) is 3.31. The Labute approximate surface area is 152 Å². The summed E-state index contributed by atoms with van der Waals surface area (Å²) >= 11 is 8.09. The number of rotatable bonds is 5. The summed E-state index contributed by atoms with van der Waals surface area (Å²) in [4.78, 5) is 12.4. The Hall–Kier alpha value is -1.83. The van der Waals surface area contributed by atoms with Gasteiger partial charge >= 0.3 is 0 Å². The molecule has 0 amide bonds. The van der Waals surface area contributed by atoms with Gasteiger partial charge in [0.1, 0.15) is 5.82 Å². The lowest BCUT2D eigenvalue weighted by atomic mass is 10.1. The Bertz CT molecular complexity index is 904. The lowest BCUT2D eigenvalue weighted by molar-refractivity contribution is 0.0994. The molecule has 24 heavy (non-hydrogen) atoms. The second-order valence-corrected chi connectivity index (χ2v) is 8.22. The maximum atomic E-state index is 13.0. The highest BCUT2D eigenvalue weighted by molar-refractivity contribution is 8.02. The summed E-state index contributed by atoms with van der Waals surface area (Å²) in [7, 11) is 0. The molecule has 122 valence electrons. The molecular weight excluding hydrogens is 363 g/mol. The molecule has 0 spiro atoms. The smallest absolute Gasteiger partial charge is 0.184 e. The largest absolute Gasteiger partial charge is 0.293 e. The number of carbonyl (C=O) groups is 1. The van der Waals surface area contributed by atoms with Gasteiger partial charge in [0.15, 0.2) is 14.1 Å². The van der Waals surface area contributed by atoms with Crippen LogP contribution < -0.4 is 0 Å². The van der Waals surface area contributed by atoms with Gasteiger partial charge in [-0.2, -0.15) is 0 Å². The van der Waals surface area contributed by atoms with E-state index in [9.17, 15) is 9.18 Å². The van der Waals surface area contributed by atoms with Crippen LogP contribution in [-0.4, -0.2) is 20.8 Å². The van der Waals surface area contributed by atoms with Gasteiger partial charge in [-0.05, 0) is 55.5 Å². The number of para-hydroxylation sites is 1. The third kappa shape index (κ3) is 3.80. The normalized spacial score (nSPS) is 12.1. The first kappa shape index (κ1) is 17.0. The van der Waals surface area contributed by atoms with Crippen LogP contribution in [0.3, 0.4) is 0 Å². The number of halogens is 1. The zero-order valence-electron chi connectivity index (χ0n) is 12.7. The summed E-state index contributed by atoms with van der Waals surface area (Å²) in [5.41, 5.74) is 1.38. The predicted molar refractivity (Wildman–Crippen MR) is 98.3 cm³/mol. The van der Waals surface area contributed by atoms with E-state index in [2.05, 4.69) is 5.10 Å². The quantitative estimate of drug-likeness (QED) is 0.350. The van der Waals surface area contributed by atoms with Gasteiger partial charge in [-0.1, -0.05) is 41.3 Å². The summed E-state index contributed by atoms with van der Waals surface area (Å²) in [5.74, 6) is -0.418. The minimum Gasteiger partial charge on any atom is -0.293 e. The minimum atomic E-state index is -0.355. The zero-order valence-corrected chi connectivity index (χ0v) is 15.1. The minimum absolute atomic E-state index is 0.0626. The van der Waals surface area contributed by atoms with Crippen molar-refractivity contribution in [2.24, 2.45) is 0 Å². The molecule has 0 saturated carbocycles. The molecule has 0 aliphatic heterocycles. The monoisotopic (exact) mass is 376 g/mol. The number of hydrogen-bond acceptors (Lipinski definition) is 5. The second-order valence-electron chi connectivity index (χ2n) is 5.01. The van der Waals surface area contributed by atoms with Crippen LogP contribution >= 0.6 is 35.3 Å². The molecule has 0 saturated heterocycles. The standard InChI is InChI=1S/C17H13FN2OS3/c1-11(15(21)12-7-9-13(18)10-8-12)23-16-19-20(17(22)24-16)14-5-3-2-4-6-14/h2-11H,1H3/t11-/m0/s1. The van der Waals surface area contributed by atoms with Gasteiger partial charge in [-0.15, -0.1) is 5.10 Å². The number of nitrogens with zero attached hydrogens (tertiary/aromatic N) is 2. The van der Waals surface area contributed by atoms with E-state index in [0.29, 0.717) is 9.52 Å². The first-order valence-corrected chi connectivity index (χ1v) is 9.27. The molecule has 0 unspecified atom stereocenters. The lowest BCUT2D eigenvalue weighted by Gasteiger charge is -2.08. The molecule has 0 fully saturated rings. The summed E-state index contributed by atoms with van der Waals surface area (Å²) in [6, 6.07) is 15.2. The highest BCUT2D eigenvalue weighted by Gasteiger charge is 2.19. The van der Waals surface area contributed by atoms with E-state index in [1.54, 1.807) is 4.68 Å². The average Bonchev–Trinajstić information content (AvgIpc) is 2.96. The molecule has 0 aliphatic rings. The number of benzene rings is 2. The van der Waals surface area contributed by atoms with Crippen LogP contribution in [0, 0.1) is 9.77 Å². The van der Waals surface area contributed by atoms with Crippen LogP contribution in [-0.2, 0) is 0 Å². The molecule has 0 radical (unpaired) electrons. The van der Waals surface area contributed by atoms with Gasteiger partial charge in [-0.3, -0.25) is 4.79 Å². The molecule has 1 atom stereocenters. The Morgan fingerprint density at radius 2 is 1.88 bits per heavy atom. The van der Waals surface area contributed by atoms with E-state index in [1.807, 2.05) is 37.3 Å². The van der Waals surface area contributed by atoms with Gasteiger partial charge in [0.05, 0.1) is 10.9 Å². The lowest BCUT2D eigenvalue weighted by Crippen LogP contribution is -2.13. The van der Waals surface area contributed by atoms with Crippen LogP contribution in [0.1, 0.15) is 17.3 Å². The Morgan fingerprint density at radius 3 is 2.54 bits per heavy atom. The highest BCUT2D eigenvalue weighted by atomic mass is 32.2. The van der Waals surface area contributed by atoms with Crippen molar-refractivity contribution in [3.05, 3.63) is 69.9 Å². The molecule has 0 bridgehead atoms. The van der Waals surface area contributed by atoms with Crippen LogP contribution in [0.2, 0.25) is 0 Å². The summed E-state index contributed by atoms with van der Waals surface area (Å²) in [6.45, 7) is 1.81. The summed E-state index contributed by atoms with van der Waals surface area (Å²) < 4.78 is 16.0. The van der Waals surface area contributed by atoms with Crippen molar-refractivity contribution >= 4 is 41.1 Å². The Balaban J connectivity index is 1.78. The van der Waals surface area contributed by atoms with E-state index >= 15 is 0 Å². The highest BCUT2D eigenvalue weighted by Crippen LogP contribution is 2.29. The van der Waals surface area contributed by atoms with Crippen LogP contribution in [0.25, 0.3) is 5.69 Å². The first-order chi connectivity index (χ1) is 11.5. The van der Waals surface area contributed by atoms with Crippen LogP contribution in [0.15, 0.2) is 58.9 Å². The maximum absolute atomic E-state index is 13.0. The second kappa shape index (κ2) is 7.38. The molecule has 0 N–H and O–H groups in total. The first-order valence-electron chi connectivity index (χ1n) is 7.16. The molecule has 3 nitrogen and oxygen atoms in total. The zero-order chi connectivity index (χ0) is 17.1. The van der Waals surface area contributed by atoms with Crippen molar-refractivity contribution < 1.29 is 9.18 Å². The Kier molecular flexibility index (Phi) is 5.23. The molecule has 1 aromatic heterocycles. The number of carbonyl (C=O) groups excluding carboxylic acids is 1. The van der Waals surface area contributed by atoms with E-state index in [4.69, 9.17) is 12.2 Å². The number of hydrogen-bond donors (Lipinski definition) is 0. The fourth-order valence-corrected chi connectivity index (χ4v) is 4.68. The van der Waals surface area contributed by atoms with Crippen molar-refractivity contribution in [1.29, 1.82) is 0 Å². The van der Waals surface area contributed by atoms with E-state index in [0.717, 1.165) is 10.0 Å². The Morgan fingerprint density at radius 1 is 1.21 bits per heavy atom. The van der Waals surface area contributed by atoms with E-state index in [1.165, 1.54) is 47.4 Å². The molecule has 7 heteroatoms.